The highest BCUT2D eigenvalue weighted by atomic mass is 16.6. The lowest BCUT2D eigenvalue weighted by atomic mass is 10.0. The summed E-state index contributed by atoms with van der Waals surface area (Å²) in [4.78, 5) is 10.0. The number of nitrogens with zero attached hydrogens (tertiary/aromatic N) is 1. The summed E-state index contributed by atoms with van der Waals surface area (Å²) in [7, 11) is 0. The van der Waals surface area contributed by atoms with Gasteiger partial charge in [-0.15, -0.1) is 0 Å². The van der Waals surface area contributed by atoms with Crippen LogP contribution in [-0.4, -0.2) is 35.3 Å². The highest BCUT2D eigenvalue weighted by molar-refractivity contribution is 5.35. The summed E-state index contributed by atoms with van der Waals surface area (Å²) in [5.41, 5.74) is -0.655. The molecule has 0 fully saturated rings. The van der Waals surface area contributed by atoms with Crippen molar-refractivity contribution in [3.63, 3.8) is 0 Å². The Balaban J connectivity index is 2.24. The van der Waals surface area contributed by atoms with Gasteiger partial charge in [-0.3, -0.25) is 10.1 Å². The lowest BCUT2D eigenvalue weighted by Crippen LogP contribution is -2.38. The average Bonchev–Trinajstić information content (AvgIpc) is 2.39. The van der Waals surface area contributed by atoms with E-state index in [2.05, 4.69) is 5.32 Å². The summed E-state index contributed by atoms with van der Waals surface area (Å²) in [6, 6.07) is 5.95. The van der Waals surface area contributed by atoms with Crippen molar-refractivity contribution < 1.29 is 14.8 Å². The molecule has 1 rings (SSSR count). The Morgan fingerprint density at radius 3 is 2.58 bits per heavy atom. The number of non-ortho nitro benzene ring substituents is 1. The van der Waals surface area contributed by atoms with Crippen molar-refractivity contribution in [3.8, 4) is 5.75 Å². The Hall–Kier alpha value is -1.66. The molecule has 6 heteroatoms. The van der Waals surface area contributed by atoms with Crippen molar-refractivity contribution in [2.75, 3.05) is 19.7 Å². The minimum Gasteiger partial charge on any atom is -0.492 e. The van der Waals surface area contributed by atoms with E-state index in [4.69, 9.17) is 4.74 Å². The van der Waals surface area contributed by atoms with Crippen LogP contribution in [0.4, 0.5) is 5.69 Å². The van der Waals surface area contributed by atoms with Gasteiger partial charge in [0.05, 0.1) is 10.5 Å². The topological polar surface area (TPSA) is 84.6 Å². The highest BCUT2D eigenvalue weighted by Gasteiger charge is 2.15. The molecule has 2 N–H and O–H groups in total. The molecule has 0 aliphatic rings. The summed E-state index contributed by atoms with van der Waals surface area (Å²) >= 11 is 0. The molecule has 0 bridgehead atoms. The molecule has 6 nitrogen and oxygen atoms in total. The van der Waals surface area contributed by atoms with E-state index in [0.717, 1.165) is 0 Å². The van der Waals surface area contributed by atoms with Crippen molar-refractivity contribution in [1.82, 2.24) is 5.32 Å². The Morgan fingerprint density at radius 2 is 2.05 bits per heavy atom. The van der Waals surface area contributed by atoms with Crippen LogP contribution in [0.3, 0.4) is 0 Å². The van der Waals surface area contributed by atoms with E-state index in [1.807, 2.05) is 6.92 Å². The van der Waals surface area contributed by atoms with Crippen LogP contribution in [0.25, 0.3) is 0 Å². The fraction of sp³-hybridized carbons (Fsp3) is 0.538. The quantitative estimate of drug-likeness (QED) is 0.426. The molecule has 0 aliphatic heterocycles. The molecule has 1 aromatic rings. The second kappa shape index (κ2) is 7.06. The van der Waals surface area contributed by atoms with Gasteiger partial charge in [0.25, 0.3) is 5.69 Å². The zero-order valence-electron chi connectivity index (χ0n) is 11.3. The Kier molecular flexibility index (Phi) is 5.72. The van der Waals surface area contributed by atoms with Crippen LogP contribution < -0.4 is 10.1 Å². The largest absolute Gasteiger partial charge is 0.492 e. The first-order chi connectivity index (χ1) is 8.94. The van der Waals surface area contributed by atoms with Crippen LogP contribution in [0.1, 0.15) is 20.3 Å². The van der Waals surface area contributed by atoms with Gasteiger partial charge in [0, 0.05) is 25.2 Å². The third-order valence-corrected chi connectivity index (χ3v) is 2.86. The third kappa shape index (κ3) is 5.67. The van der Waals surface area contributed by atoms with Crippen molar-refractivity contribution in [1.29, 1.82) is 0 Å². The Labute approximate surface area is 112 Å². The molecule has 19 heavy (non-hydrogen) atoms. The summed E-state index contributed by atoms with van der Waals surface area (Å²) in [5.74, 6) is 0.592. The number of nitro benzene ring substituents is 1. The van der Waals surface area contributed by atoms with Gasteiger partial charge >= 0.3 is 0 Å². The molecule has 0 aliphatic carbocycles. The number of ether oxygens (including phenoxy) is 1. The maximum absolute atomic E-state index is 10.5. The number of hydrogen-bond donors (Lipinski definition) is 2. The molecule has 1 aromatic carbocycles. The molecule has 1 unspecified atom stereocenters. The Bertz CT molecular complexity index is 404. The first-order valence-electron chi connectivity index (χ1n) is 6.25. The van der Waals surface area contributed by atoms with Crippen LogP contribution in [0.15, 0.2) is 24.3 Å². The second-order valence-electron chi connectivity index (χ2n) is 4.63. The van der Waals surface area contributed by atoms with E-state index in [0.29, 0.717) is 31.9 Å². The fourth-order valence-electron chi connectivity index (χ4n) is 1.39. The van der Waals surface area contributed by atoms with Crippen LogP contribution in [-0.2, 0) is 0 Å². The van der Waals surface area contributed by atoms with E-state index in [1.54, 1.807) is 19.1 Å². The van der Waals surface area contributed by atoms with E-state index in [9.17, 15) is 15.2 Å². The summed E-state index contributed by atoms with van der Waals surface area (Å²) in [5, 5.41) is 23.3. The highest BCUT2D eigenvalue weighted by Crippen LogP contribution is 2.16. The summed E-state index contributed by atoms with van der Waals surface area (Å²) < 4.78 is 5.42. The molecule has 0 amide bonds. The monoisotopic (exact) mass is 268 g/mol. The fourth-order valence-corrected chi connectivity index (χ4v) is 1.39. The molecular weight excluding hydrogens is 248 g/mol. The van der Waals surface area contributed by atoms with Crippen molar-refractivity contribution in [2.45, 2.75) is 25.9 Å². The summed E-state index contributed by atoms with van der Waals surface area (Å²) in [6.45, 7) is 5.25. The van der Waals surface area contributed by atoms with E-state index in [-0.39, 0.29) is 5.69 Å². The Morgan fingerprint density at radius 1 is 1.42 bits per heavy atom. The first-order valence-corrected chi connectivity index (χ1v) is 6.25. The van der Waals surface area contributed by atoms with Crippen LogP contribution in [0, 0.1) is 10.1 Å². The number of benzene rings is 1. The van der Waals surface area contributed by atoms with Gasteiger partial charge in [-0.05, 0) is 25.5 Å². The van der Waals surface area contributed by atoms with Gasteiger partial charge < -0.3 is 15.2 Å². The molecule has 0 saturated heterocycles. The number of aliphatic hydroxyl groups is 1. The standard InChI is InChI=1S/C13H20N2O4/c1-3-13(2,16)10-14-8-9-19-12-6-4-11(5-7-12)15(17)18/h4-7,14,16H,3,8-10H2,1-2H3. The SMILES string of the molecule is CCC(C)(O)CNCCOc1ccc([N+](=O)[O-])cc1. The number of nitrogens with one attached hydrogen (secondary N) is 1. The zero-order chi connectivity index (χ0) is 14.3. The number of rotatable bonds is 8. The molecule has 0 spiro atoms. The molecule has 0 heterocycles. The van der Waals surface area contributed by atoms with Gasteiger partial charge in [0.15, 0.2) is 0 Å². The molecule has 106 valence electrons. The van der Waals surface area contributed by atoms with Crippen molar-refractivity contribution >= 4 is 5.69 Å². The minimum atomic E-state index is -0.701. The number of hydrogen-bond acceptors (Lipinski definition) is 5. The normalized spacial score (nSPS) is 13.8. The molecule has 0 saturated carbocycles. The predicted octanol–water partition coefficient (Wildman–Crippen LogP) is 1.72. The van der Waals surface area contributed by atoms with E-state index in [1.165, 1.54) is 12.1 Å². The molecule has 0 aromatic heterocycles. The van der Waals surface area contributed by atoms with Crippen molar-refractivity contribution in [2.24, 2.45) is 0 Å². The van der Waals surface area contributed by atoms with Crippen LogP contribution >= 0.6 is 0 Å². The number of nitro groups is 1. The van der Waals surface area contributed by atoms with E-state index < -0.39 is 10.5 Å². The second-order valence-corrected chi connectivity index (χ2v) is 4.63. The molecule has 1 atom stereocenters. The van der Waals surface area contributed by atoms with Gasteiger partial charge in [-0.25, -0.2) is 0 Å². The van der Waals surface area contributed by atoms with Crippen molar-refractivity contribution in [3.05, 3.63) is 34.4 Å². The summed E-state index contributed by atoms with van der Waals surface area (Å²) in [6.07, 6.45) is 0.684. The van der Waals surface area contributed by atoms with Crippen LogP contribution in [0.5, 0.6) is 5.75 Å². The maximum Gasteiger partial charge on any atom is 0.269 e. The van der Waals surface area contributed by atoms with Gasteiger partial charge in [0.2, 0.25) is 0 Å². The van der Waals surface area contributed by atoms with Gasteiger partial charge in [0.1, 0.15) is 12.4 Å². The minimum absolute atomic E-state index is 0.0458. The lowest BCUT2D eigenvalue weighted by molar-refractivity contribution is -0.384. The molecule has 0 radical (unpaired) electrons. The zero-order valence-corrected chi connectivity index (χ0v) is 11.3. The molecular formula is C13H20N2O4. The lowest BCUT2D eigenvalue weighted by Gasteiger charge is -2.21. The first kappa shape index (κ1) is 15.4. The third-order valence-electron chi connectivity index (χ3n) is 2.86. The van der Waals surface area contributed by atoms with Gasteiger partial charge in [-0.1, -0.05) is 6.92 Å². The predicted molar refractivity (Wildman–Crippen MR) is 72.4 cm³/mol. The average molecular weight is 268 g/mol. The maximum atomic E-state index is 10.5. The van der Waals surface area contributed by atoms with E-state index >= 15 is 0 Å². The van der Waals surface area contributed by atoms with Gasteiger partial charge in [-0.2, -0.15) is 0 Å². The van der Waals surface area contributed by atoms with Crippen LogP contribution in [0.2, 0.25) is 0 Å². The smallest absolute Gasteiger partial charge is 0.269 e.